The Morgan fingerprint density at radius 1 is 1.41 bits per heavy atom. The van der Waals surface area contributed by atoms with E-state index in [0.717, 1.165) is 18.4 Å². The van der Waals surface area contributed by atoms with Gasteiger partial charge < -0.3 is 25.1 Å². The van der Waals surface area contributed by atoms with Gasteiger partial charge in [0.25, 0.3) is 0 Å². The van der Waals surface area contributed by atoms with Gasteiger partial charge in [-0.05, 0) is 24.1 Å². The highest BCUT2D eigenvalue weighted by molar-refractivity contribution is 5.66. The van der Waals surface area contributed by atoms with Crippen molar-refractivity contribution in [3.63, 3.8) is 0 Å². The van der Waals surface area contributed by atoms with E-state index >= 15 is 0 Å². The molecule has 0 saturated carbocycles. The summed E-state index contributed by atoms with van der Waals surface area (Å²) in [5, 5.41) is 8.75. The fourth-order valence-electron chi connectivity index (χ4n) is 2.44. The molecule has 1 heterocycles. The first kappa shape index (κ1) is 16.6. The van der Waals surface area contributed by atoms with Crippen LogP contribution in [0.5, 0.6) is 11.5 Å². The average molecular weight is 309 g/mol. The Labute approximate surface area is 130 Å². The van der Waals surface area contributed by atoms with Crippen LogP contribution in [0.3, 0.4) is 0 Å². The molecule has 0 amide bonds. The van der Waals surface area contributed by atoms with E-state index in [0.29, 0.717) is 31.1 Å². The Kier molecular flexibility index (Phi) is 6.03. The monoisotopic (exact) mass is 309 g/mol. The molecule has 6 heteroatoms. The molecule has 0 aliphatic carbocycles. The lowest BCUT2D eigenvalue weighted by molar-refractivity contribution is -0.137. The predicted octanol–water partition coefficient (Wildman–Crippen LogP) is 2.12. The van der Waals surface area contributed by atoms with Gasteiger partial charge in [0.15, 0.2) is 11.5 Å². The Morgan fingerprint density at radius 2 is 2.14 bits per heavy atom. The summed E-state index contributed by atoms with van der Waals surface area (Å²) in [6.45, 7) is 1.40. The number of aliphatic carboxylic acids is 1. The fourth-order valence-corrected chi connectivity index (χ4v) is 2.44. The summed E-state index contributed by atoms with van der Waals surface area (Å²) < 4.78 is 16.7. The predicted molar refractivity (Wildman–Crippen MR) is 81.3 cm³/mol. The number of rotatable bonds is 7. The molecule has 1 fully saturated rings. The second kappa shape index (κ2) is 8.00. The van der Waals surface area contributed by atoms with Crippen molar-refractivity contribution in [2.45, 2.75) is 37.8 Å². The van der Waals surface area contributed by atoms with Gasteiger partial charge in [-0.3, -0.25) is 4.79 Å². The summed E-state index contributed by atoms with van der Waals surface area (Å²) in [7, 11) is 1.59. The van der Waals surface area contributed by atoms with Crippen LogP contribution in [0.2, 0.25) is 0 Å². The number of carbonyl (C=O) groups is 1. The van der Waals surface area contributed by atoms with Crippen molar-refractivity contribution < 1.29 is 24.1 Å². The molecule has 0 aromatic heterocycles. The number of carboxylic acids is 1. The van der Waals surface area contributed by atoms with E-state index in [4.69, 9.17) is 25.1 Å². The molecule has 2 rings (SSSR count). The minimum Gasteiger partial charge on any atom is -0.493 e. The van der Waals surface area contributed by atoms with Crippen LogP contribution in [-0.2, 0) is 9.53 Å². The van der Waals surface area contributed by atoms with E-state index in [1.54, 1.807) is 7.11 Å². The van der Waals surface area contributed by atoms with E-state index in [-0.39, 0.29) is 18.6 Å². The zero-order valence-electron chi connectivity index (χ0n) is 12.8. The molecule has 1 atom stereocenters. The molecule has 3 N–H and O–H groups in total. The summed E-state index contributed by atoms with van der Waals surface area (Å²) in [4.78, 5) is 10.7. The molecular formula is C16H23NO5. The van der Waals surface area contributed by atoms with E-state index in [1.807, 2.05) is 18.2 Å². The number of methoxy groups -OCH3 is 1. The van der Waals surface area contributed by atoms with E-state index in [1.165, 1.54) is 0 Å². The molecule has 1 aliphatic rings. The molecule has 1 aromatic carbocycles. The summed E-state index contributed by atoms with van der Waals surface area (Å²) >= 11 is 0. The Morgan fingerprint density at radius 3 is 2.77 bits per heavy atom. The quantitative estimate of drug-likeness (QED) is 0.801. The normalized spacial score (nSPS) is 17.0. The Hall–Kier alpha value is -1.79. The van der Waals surface area contributed by atoms with Gasteiger partial charge in [0.2, 0.25) is 0 Å². The van der Waals surface area contributed by atoms with Crippen molar-refractivity contribution in [2.24, 2.45) is 5.73 Å². The number of benzene rings is 1. The zero-order chi connectivity index (χ0) is 15.9. The maximum absolute atomic E-state index is 10.7. The topological polar surface area (TPSA) is 91.0 Å². The number of nitrogens with two attached hydrogens (primary N) is 1. The van der Waals surface area contributed by atoms with Crippen LogP contribution in [0.15, 0.2) is 18.2 Å². The lowest BCUT2D eigenvalue weighted by atomic mass is 10.0. The molecule has 1 saturated heterocycles. The van der Waals surface area contributed by atoms with E-state index in [2.05, 4.69) is 0 Å². The van der Waals surface area contributed by atoms with Gasteiger partial charge in [-0.1, -0.05) is 6.07 Å². The van der Waals surface area contributed by atoms with Crippen molar-refractivity contribution in [2.75, 3.05) is 20.3 Å². The zero-order valence-corrected chi connectivity index (χ0v) is 12.8. The van der Waals surface area contributed by atoms with Gasteiger partial charge in [-0.2, -0.15) is 0 Å². The molecule has 0 radical (unpaired) electrons. The SMILES string of the molecule is COc1ccc(C(N)CCC(=O)O)cc1OC1CCOCC1. The van der Waals surface area contributed by atoms with Crippen LogP contribution in [0, 0.1) is 0 Å². The van der Waals surface area contributed by atoms with Crippen LogP contribution in [0.1, 0.15) is 37.3 Å². The first-order valence-electron chi connectivity index (χ1n) is 7.50. The molecule has 0 bridgehead atoms. The van der Waals surface area contributed by atoms with Crippen molar-refractivity contribution in [3.8, 4) is 11.5 Å². The van der Waals surface area contributed by atoms with Crippen molar-refractivity contribution in [1.82, 2.24) is 0 Å². The van der Waals surface area contributed by atoms with Crippen LogP contribution in [0.25, 0.3) is 0 Å². The molecule has 1 aliphatic heterocycles. The van der Waals surface area contributed by atoms with Crippen LogP contribution in [0.4, 0.5) is 0 Å². The second-order valence-electron chi connectivity index (χ2n) is 5.38. The third-order valence-electron chi connectivity index (χ3n) is 3.75. The van der Waals surface area contributed by atoms with Gasteiger partial charge in [0.05, 0.1) is 20.3 Å². The summed E-state index contributed by atoms with van der Waals surface area (Å²) in [6, 6.07) is 5.17. The van der Waals surface area contributed by atoms with Crippen LogP contribution < -0.4 is 15.2 Å². The summed E-state index contributed by atoms with van der Waals surface area (Å²) in [5.74, 6) is 0.459. The van der Waals surface area contributed by atoms with Crippen molar-refractivity contribution >= 4 is 5.97 Å². The van der Waals surface area contributed by atoms with E-state index < -0.39 is 5.97 Å². The second-order valence-corrected chi connectivity index (χ2v) is 5.38. The summed E-state index contributed by atoms with van der Waals surface area (Å²) in [6.07, 6.45) is 2.23. The fraction of sp³-hybridized carbons (Fsp3) is 0.562. The highest BCUT2D eigenvalue weighted by Crippen LogP contribution is 2.32. The highest BCUT2D eigenvalue weighted by atomic mass is 16.5. The first-order valence-corrected chi connectivity index (χ1v) is 7.50. The largest absolute Gasteiger partial charge is 0.493 e. The molecule has 6 nitrogen and oxygen atoms in total. The molecule has 1 unspecified atom stereocenters. The third-order valence-corrected chi connectivity index (χ3v) is 3.75. The van der Waals surface area contributed by atoms with Crippen molar-refractivity contribution in [1.29, 1.82) is 0 Å². The molecule has 22 heavy (non-hydrogen) atoms. The van der Waals surface area contributed by atoms with Gasteiger partial charge in [0, 0.05) is 25.3 Å². The number of hydrogen-bond donors (Lipinski definition) is 2. The molecule has 122 valence electrons. The Bertz CT molecular complexity index is 499. The van der Waals surface area contributed by atoms with Gasteiger partial charge in [-0.25, -0.2) is 0 Å². The molecule has 0 spiro atoms. The molecule has 1 aromatic rings. The maximum atomic E-state index is 10.7. The minimum absolute atomic E-state index is 0.0450. The first-order chi connectivity index (χ1) is 10.6. The minimum atomic E-state index is -0.845. The van der Waals surface area contributed by atoms with Gasteiger partial charge in [0.1, 0.15) is 6.10 Å². The highest BCUT2D eigenvalue weighted by Gasteiger charge is 2.19. The van der Waals surface area contributed by atoms with Crippen LogP contribution in [-0.4, -0.2) is 37.5 Å². The standard InChI is InChI=1S/C16H23NO5/c1-20-14-4-2-11(13(17)3-5-16(18)19)10-15(14)22-12-6-8-21-9-7-12/h2,4,10,12-13H,3,5-9,17H2,1H3,(H,18,19). The third kappa shape index (κ3) is 4.61. The summed E-state index contributed by atoms with van der Waals surface area (Å²) in [5.41, 5.74) is 6.91. The number of ether oxygens (including phenoxy) is 3. The van der Waals surface area contributed by atoms with Crippen LogP contribution >= 0.6 is 0 Å². The number of carboxylic acid groups (broad SMARTS) is 1. The van der Waals surface area contributed by atoms with E-state index in [9.17, 15) is 4.79 Å². The lowest BCUT2D eigenvalue weighted by Gasteiger charge is -2.25. The molecular weight excluding hydrogens is 286 g/mol. The average Bonchev–Trinajstić information content (AvgIpc) is 2.53. The lowest BCUT2D eigenvalue weighted by Crippen LogP contribution is -2.26. The van der Waals surface area contributed by atoms with Crippen molar-refractivity contribution in [3.05, 3.63) is 23.8 Å². The van der Waals surface area contributed by atoms with Gasteiger partial charge in [-0.15, -0.1) is 0 Å². The smallest absolute Gasteiger partial charge is 0.303 e. The maximum Gasteiger partial charge on any atom is 0.303 e. The van der Waals surface area contributed by atoms with Gasteiger partial charge >= 0.3 is 5.97 Å². The Balaban J connectivity index is 2.09. The number of hydrogen-bond acceptors (Lipinski definition) is 5.